The Morgan fingerprint density at radius 3 is 2.79 bits per heavy atom. The molecule has 0 spiro atoms. The average molecular weight is 270 g/mol. The molecule has 0 fully saturated rings. The highest BCUT2D eigenvalue weighted by molar-refractivity contribution is 5.82. The number of aromatic nitrogens is 2. The molecule has 19 heavy (non-hydrogen) atoms. The second-order valence-corrected chi connectivity index (χ2v) is 4.00. The predicted octanol–water partition coefficient (Wildman–Crippen LogP) is -0.903. The Morgan fingerprint density at radius 2 is 2.26 bits per heavy atom. The number of nitrogens with one attached hydrogen (secondary N) is 2. The second kappa shape index (κ2) is 7.37. The minimum absolute atomic E-state index is 0.0233. The van der Waals surface area contributed by atoms with Gasteiger partial charge in [0.2, 0.25) is 0 Å². The SMILES string of the molecule is Cn1nccc1CCNC(=O)NC(CCO)C(=O)O. The van der Waals surface area contributed by atoms with Crippen molar-refractivity contribution in [3.63, 3.8) is 0 Å². The van der Waals surface area contributed by atoms with Crippen molar-refractivity contribution in [2.45, 2.75) is 18.9 Å². The van der Waals surface area contributed by atoms with Crippen LogP contribution in [0.1, 0.15) is 12.1 Å². The maximum Gasteiger partial charge on any atom is 0.326 e. The number of hydrogen-bond acceptors (Lipinski definition) is 4. The van der Waals surface area contributed by atoms with E-state index in [2.05, 4.69) is 15.7 Å². The van der Waals surface area contributed by atoms with Gasteiger partial charge < -0.3 is 20.8 Å². The van der Waals surface area contributed by atoms with Crippen LogP contribution in [0.15, 0.2) is 12.3 Å². The third-order valence-corrected chi connectivity index (χ3v) is 2.61. The number of carbonyl (C=O) groups is 2. The quantitative estimate of drug-likeness (QED) is 0.512. The monoisotopic (exact) mass is 270 g/mol. The van der Waals surface area contributed by atoms with Gasteiger partial charge in [-0.3, -0.25) is 4.68 Å². The van der Waals surface area contributed by atoms with E-state index >= 15 is 0 Å². The number of aliphatic hydroxyl groups excluding tert-OH is 1. The van der Waals surface area contributed by atoms with Gasteiger partial charge in [0.1, 0.15) is 6.04 Å². The van der Waals surface area contributed by atoms with Crippen LogP contribution in [0.5, 0.6) is 0 Å². The first kappa shape index (κ1) is 15.0. The summed E-state index contributed by atoms with van der Waals surface area (Å²) in [6.07, 6.45) is 2.24. The standard InChI is InChI=1S/C11H18N4O4/c1-15-8(3-6-13-15)2-5-12-11(19)14-9(4-7-16)10(17)18/h3,6,9,16H,2,4-5,7H2,1H3,(H,17,18)(H2,12,14,19). The van der Waals surface area contributed by atoms with Gasteiger partial charge >= 0.3 is 12.0 Å². The number of carbonyl (C=O) groups excluding carboxylic acids is 1. The lowest BCUT2D eigenvalue weighted by Gasteiger charge is -2.13. The molecular formula is C11H18N4O4. The first-order valence-electron chi connectivity index (χ1n) is 5.89. The fourth-order valence-electron chi connectivity index (χ4n) is 1.55. The number of nitrogens with zero attached hydrogens (tertiary/aromatic N) is 2. The Labute approximate surface area is 110 Å². The molecule has 0 radical (unpaired) electrons. The Morgan fingerprint density at radius 1 is 1.53 bits per heavy atom. The fourth-order valence-corrected chi connectivity index (χ4v) is 1.55. The zero-order valence-corrected chi connectivity index (χ0v) is 10.7. The van der Waals surface area contributed by atoms with Crippen molar-refractivity contribution in [2.24, 2.45) is 7.05 Å². The molecule has 1 heterocycles. The van der Waals surface area contributed by atoms with Gasteiger partial charge in [-0.1, -0.05) is 0 Å². The highest BCUT2D eigenvalue weighted by atomic mass is 16.4. The predicted molar refractivity (Wildman–Crippen MR) is 66.6 cm³/mol. The Hall–Kier alpha value is -2.09. The first-order valence-corrected chi connectivity index (χ1v) is 5.89. The number of amides is 2. The molecule has 2 amide bonds. The Kier molecular flexibility index (Phi) is 5.80. The molecule has 1 rings (SSSR count). The van der Waals surface area contributed by atoms with Crippen LogP contribution >= 0.6 is 0 Å². The Bertz CT molecular complexity index is 432. The molecule has 0 aliphatic heterocycles. The van der Waals surface area contributed by atoms with Crippen LogP contribution < -0.4 is 10.6 Å². The van der Waals surface area contributed by atoms with E-state index in [1.54, 1.807) is 17.9 Å². The van der Waals surface area contributed by atoms with Gasteiger partial charge in [0.25, 0.3) is 0 Å². The minimum Gasteiger partial charge on any atom is -0.480 e. The van der Waals surface area contributed by atoms with Crippen LogP contribution in [0.4, 0.5) is 4.79 Å². The maximum absolute atomic E-state index is 11.5. The van der Waals surface area contributed by atoms with Gasteiger partial charge in [-0.25, -0.2) is 9.59 Å². The molecule has 1 unspecified atom stereocenters. The van der Waals surface area contributed by atoms with Crippen molar-refractivity contribution in [3.8, 4) is 0 Å². The highest BCUT2D eigenvalue weighted by Gasteiger charge is 2.18. The molecule has 0 saturated heterocycles. The molecule has 106 valence electrons. The first-order chi connectivity index (χ1) is 9.04. The largest absolute Gasteiger partial charge is 0.480 e. The summed E-state index contributed by atoms with van der Waals surface area (Å²) >= 11 is 0. The normalized spacial score (nSPS) is 11.9. The summed E-state index contributed by atoms with van der Waals surface area (Å²) in [5.74, 6) is -1.17. The van der Waals surface area contributed by atoms with E-state index in [1.165, 1.54) is 0 Å². The van der Waals surface area contributed by atoms with Crippen molar-refractivity contribution < 1.29 is 19.8 Å². The molecule has 0 aromatic carbocycles. The van der Waals surface area contributed by atoms with Crippen molar-refractivity contribution in [2.75, 3.05) is 13.2 Å². The molecule has 1 aromatic rings. The second-order valence-electron chi connectivity index (χ2n) is 4.00. The number of aryl methyl sites for hydroxylation is 1. The van der Waals surface area contributed by atoms with Crippen LogP contribution in [0.3, 0.4) is 0 Å². The third-order valence-electron chi connectivity index (χ3n) is 2.61. The van der Waals surface area contributed by atoms with Gasteiger partial charge in [-0.2, -0.15) is 5.10 Å². The average Bonchev–Trinajstić information content (AvgIpc) is 2.74. The zero-order valence-electron chi connectivity index (χ0n) is 10.7. The molecule has 0 aliphatic carbocycles. The lowest BCUT2D eigenvalue weighted by molar-refractivity contribution is -0.139. The highest BCUT2D eigenvalue weighted by Crippen LogP contribution is 1.96. The van der Waals surface area contributed by atoms with Gasteiger partial charge in [-0.05, 0) is 6.07 Å². The molecule has 1 aromatic heterocycles. The molecular weight excluding hydrogens is 252 g/mol. The number of carboxylic acid groups (broad SMARTS) is 1. The molecule has 0 bridgehead atoms. The molecule has 8 nitrogen and oxygen atoms in total. The van der Waals surface area contributed by atoms with Crippen molar-refractivity contribution in [1.29, 1.82) is 0 Å². The topological polar surface area (TPSA) is 116 Å². The van der Waals surface area contributed by atoms with Crippen molar-refractivity contribution in [1.82, 2.24) is 20.4 Å². The zero-order chi connectivity index (χ0) is 14.3. The summed E-state index contributed by atoms with van der Waals surface area (Å²) in [6.45, 7) is 0.0725. The molecule has 0 aliphatic rings. The number of urea groups is 1. The number of rotatable bonds is 7. The van der Waals surface area contributed by atoms with E-state index in [0.717, 1.165) is 5.69 Å². The van der Waals surface area contributed by atoms with Gasteiger partial charge in [0.05, 0.1) is 0 Å². The van der Waals surface area contributed by atoms with E-state index < -0.39 is 18.0 Å². The van der Waals surface area contributed by atoms with Crippen LogP contribution in [0.2, 0.25) is 0 Å². The fraction of sp³-hybridized carbons (Fsp3) is 0.545. The van der Waals surface area contributed by atoms with Crippen LogP contribution in [-0.4, -0.2) is 51.2 Å². The lowest BCUT2D eigenvalue weighted by Crippen LogP contribution is -2.46. The smallest absolute Gasteiger partial charge is 0.326 e. The van der Waals surface area contributed by atoms with E-state index in [0.29, 0.717) is 13.0 Å². The van der Waals surface area contributed by atoms with Gasteiger partial charge in [0.15, 0.2) is 0 Å². The third kappa shape index (κ3) is 4.96. The van der Waals surface area contributed by atoms with Crippen molar-refractivity contribution in [3.05, 3.63) is 18.0 Å². The molecule has 0 saturated carbocycles. The molecule has 1 atom stereocenters. The summed E-state index contributed by atoms with van der Waals surface area (Å²) in [7, 11) is 1.80. The molecule has 8 heteroatoms. The number of aliphatic hydroxyl groups is 1. The summed E-state index contributed by atoms with van der Waals surface area (Å²) < 4.78 is 1.70. The Balaban J connectivity index is 2.31. The van der Waals surface area contributed by atoms with Crippen LogP contribution in [0, 0.1) is 0 Å². The minimum atomic E-state index is -1.17. The number of hydrogen-bond donors (Lipinski definition) is 4. The summed E-state index contributed by atoms with van der Waals surface area (Å²) in [6, 6.07) is 0.190. The van der Waals surface area contributed by atoms with Gasteiger partial charge in [0, 0.05) is 44.9 Å². The van der Waals surface area contributed by atoms with Gasteiger partial charge in [-0.15, -0.1) is 0 Å². The van der Waals surface area contributed by atoms with Crippen LogP contribution in [0.25, 0.3) is 0 Å². The summed E-state index contributed by atoms with van der Waals surface area (Å²) in [5.41, 5.74) is 0.963. The van der Waals surface area contributed by atoms with Crippen LogP contribution in [-0.2, 0) is 18.3 Å². The van der Waals surface area contributed by atoms with E-state index in [9.17, 15) is 9.59 Å². The van der Waals surface area contributed by atoms with Crippen molar-refractivity contribution >= 4 is 12.0 Å². The number of carboxylic acids is 1. The van der Waals surface area contributed by atoms with E-state index in [-0.39, 0.29) is 13.0 Å². The summed E-state index contributed by atoms with van der Waals surface area (Å²) in [5, 5.41) is 26.3. The lowest BCUT2D eigenvalue weighted by atomic mass is 10.2. The summed E-state index contributed by atoms with van der Waals surface area (Å²) in [4.78, 5) is 22.2. The number of aliphatic carboxylic acids is 1. The molecule has 4 N–H and O–H groups in total. The maximum atomic E-state index is 11.5. The van der Waals surface area contributed by atoms with E-state index in [1.807, 2.05) is 6.07 Å². The van der Waals surface area contributed by atoms with E-state index in [4.69, 9.17) is 10.2 Å².